The number of pyridine rings is 4. The molecule has 4 saturated heterocycles. The summed E-state index contributed by atoms with van der Waals surface area (Å²) in [5, 5.41) is 36.2. The van der Waals surface area contributed by atoms with Gasteiger partial charge in [0.05, 0.1) is 52.3 Å². The number of nitrogens with one attached hydrogen (secondary N) is 6. The van der Waals surface area contributed by atoms with Crippen molar-refractivity contribution in [3.05, 3.63) is 183 Å². The fourth-order valence-electron chi connectivity index (χ4n) is 23.2. The quantitative estimate of drug-likeness (QED) is 0.0327. The van der Waals surface area contributed by atoms with Crippen molar-refractivity contribution < 1.29 is 42.5 Å². The summed E-state index contributed by atoms with van der Waals surface area (Å²) < 4.78 is 52.6. The summed E-state index contributed by atoms with van der Waals surface area (Å²) in [5.74, 6) is 3.36. The lowest BCUT2D eigenvalue weighted by molar-refractivity contribution is 0.0867. The lowest BCUT2D eigenvalue weighted by Crippen LogP contribution is -2.48. The van der Waals surface area contributed by atoms with E-state index in [1.54, 1.807) is 50.1 Å². The molecule has 140 heavy (non-hydrogen) atoms. The molecule has 11 aliphatic rings. The molecule has 6 N–H and O–H groups in total. The number of hydrogen-bond acceptors (Lipinski definition) is 28. The Hall–Kier alpha value is -13.0. The average Bonchev–Trinajstić information content (AvgIpc) is 1.57. The van der Waals surface area contributed by atoms with Crippen LogP contribution < -0.4 is 73.1 Å². The molecule has 0 radical (unpaired) electrons. The van der Waals surface area contributed by atoms with Crippen LogP contribution in [0.1, 0.15) is 243 Å². The van der Waals surface area contributed by atoms with Gasteiger partial charge in [0, 0.05) is 67.3 Å². The molecular formula is C100H122ClFN26O12. The third-order valence-electron chi connectivity index (χ3n) is 30.2. The number of likely N-dealkylation sites (tertiary alicyclic amines) is 4. The van der Waals surface area contributed by atoms with Crippen LogP contribution in [0.3, 0.4) is 0 Å². The Labute approximate surface area is 812 Å². The first-order valence-corrected chi connectivity index (χ1v) is 50.0. The molecular weight excluding hydrogens is 1810 g/mol. The highest BCUT2D eigenvalue weighted by Crippen LogP contribution is 2.47. The first kappa shape index (κ1) is 94.6. The molecule has 8 aliphatic heterocycles. The van der Waals surface area contributed by atoms with Gasteiger partial charge in [0.25, 0.3) is 34.1 Å². The number of carbonyl (C=O) groups excluding carboxylic acids is 4. The van der Waals surface area contributed by atoms with Crippen molar-refractivity contribution in [1.82, 2.24) is 107 Å². The van der Waals surface area contributed by atoms with Gasteiger partial charge in [-0.15, -0.1) is 0 Å². The van der Waals surface area contributed by atoms with Crippen LogP contribution in [0.4, 0.5) is 50.4 Å². The average molecular weight is 1930 g/mol. The third-order valence-corrected chi connectivity index (χ3v) is 30.5. The number of Topliss-reactive ketones (excluding diaryl/α,β-unsaturated/α-hetero) is 2. The first-order valence-electron chi connectivity index (χ1n) is 49.6. The maximum absolute atomic E-state index is 15.2. The molecule has 12 aromatic heterocycles. The summed E-state index contributed by atoms with van der Waals surface area (Å²) in [7, 11) is 0. The van der Waals surface area contributed by atoms with Crippen molar-refractivity contribution in [3.8, 4) is 23.0 Å². The van der Waals surface area contributed by atoms with E-state index in [9.17, 15) is 38.4 Å². The second-order valence-corrected chi connectivity index (χ2v) is 40.4. The number of aryl methyl sites for hydroxylation is 6. The Bertz CT molecular complexity index is 6890. The number of aromatic nitrogens is 16. The van der Waals surface area contributed by atoms with Crippen LogP contribution in [0, 0.1) is 47.4 Å². The van der Waals surface area contributed by atoms with Gasteiger partial charge in [0.1, 0.15) is 142 Å². The molecule has 12 aromatic rings. The maximum Gasteiger partial charge on any atom is 0.277 e. The molecule has 38 nitrogen and oxygen atoms in total. The van der Waals surface area contributed by atoms with E-state index >= 15 is 4.39 Å². The first-order chi connectivity index (χ1) is 67.7. The Morgan fingerprint density at radius 3 is 1.03 bits per heavy atom. The minimum absolute atomic E-state index is 0.00346. The number of ether oxygens (including phenoxy) is 4. The lowest BCUT2D eigenvalue weighted by atomic mass is 9.89. The van der Waals surface area contributed by atoms with Gasteiger partial charge in [-0.3, -0.25) is 76.2 Å². The van der Waals surface area contributed by atoms with Gasteiger partial charge in [-0.05, 0) is 253 Å². The van der Waals surface area contributed by atoms with Crippen LogP contribution >= 0.6 is 11.6 Å². The normalized spacial score (nSPS) is 18.8. The van der Waals surface area contributed by atoms with E-state index in [0.717, 1.165) is 216 Å². The molecule has 0 unspecified atom stereocenters. The largest absolute Gasteiger partial charge is 0.490 e. The van der Waals surface area contributed by atoms with E-state index in [1.165, 1.54) is 87.3 Å². The van der Waals surface area contributed by atoms with Gasteiger partial charge in [0.15, 0.2) is 40.7 Å². The smallest absolute Gasteiger partial charge is 0.277 e. The number of amides is 2. The molecule has 3 saturated carbocycles. The van der Waals surface area contributed by atoms with Gasteiger partial charge in [-0.1, -0.05) is 37.3 Å². The Morgan fingerprint density at radius 2 is 0.664 bits per heavy atom. The van der Waals surface area contributed by atoms with Crippen LogP contribution in [0.15, 0.2) is 93.5 Å². The molecule has 23 rings (SSSR count). The summed E-state index contributed by atoms with van der Waals surface area (Å²) in [6.07, 6.45) is 36.0. The molecule has 0 aromatic carbocycles. The predicted octanol–water partition coefficient (Wildman–Crippen LogP) is 13.0. The fraction of sp³-hybridized carbons (Fsp3) is 0.520. The zero-order valence-electron chi connectivity index (χ0n) is 80.8. The van der Waals surface area contributed by atoms with E-state index < -0.39 is 34.1 Å². The second-order valence-electron chi connectivity index (χ2n) is 40.0. The van der Waals surface area contributed by atoms with Gasteiger partial charge < -0.3 is 50.8 Å². The minimum Gasteiger partial charge on any atom is -0.490 e. The molecule has 738 valence electrons. The number of carbonyl (C=O) groups is 4. The highest BCUT2D eigenvalue weighted by molar-refractivity contribution is 6.34. The molecule has 40 heteroatoms. The highest BCUT2D eigenvalue weighted by atomic mass is 35.5. The SMILES string of the molecule is Cc1c(OCCN2CCCC2)cn2ncnc(Nc3cc(Cl)c4n(c3=O)C3(CCCCC3)NC4=O)c12.Cc1c(OCCN2CCCC2)cn2ncnc(Nc3cc(F)c4n(c3=O)C3(CCCCC3)NC4=O)c12.Cc1cc(Nc2ncnn3cc(OCCN4CCCC4)c(C)c23)c(=O)n2c1C(=O)CC2(C)C.Cc1cc(Nc2ncnn3cc(OCCN4CCCC4)c(C)c23)c(=O)n2c1C(=O)CC21CCCC1. The highest BCUT2D eigenvalue weighted by Gasteiger charge is 2.50. The summed E-state index contributed by atoms with van der Waals surface area (Å²) in [5.41, 5.74) is 6.60. The van der Waals surface area contributed by atoms with Crippen LogP contribution in [0.2, 0.25) is 5.02 Å². The summed E-state index contributed by atoms with van der Waals surface area (Å²) in [6.45, 7) is 30.4. The maximum atomic E-state index is 15.2. The van der Waals surface area contributed by atoms with E-state index in [1.807, 2.05) is 74.0 Å². The number of rotatable bonds is 24. The third kappa shape index (κ3) is 17.9. The monoisotopic (exact) mass is 1930 g/mol. The van der Waals surface area contributed by atoms with Crippen molar-refractivity contribution in [2.45, 2.75) is 232 Å². The van der Waals surface area contributed by atoms with E-state index in [4.69, 9.17) is 30.5 Å². The molecule has 3 aliphatic carbocycles. The predicted molar refractivity (Wildman–Crippen MR) is 527 cm³/mol. The summed E-state index contributed by atoms with van der Waals surface area (Å²) in [6, 6.07) is 6.11. The Kier molecular flexibility index (Phi) is 26.3. The number of ketones is 2. The minimum atomic E-state index is -0.872. The molecule has 3 spiro atoms. The van der Waals surface area contributed by atoms with E-state index in [-0.39, 0.29) is 67.5 Å². The van der Waals surface area contributed by atoms with E-state index in [2.05, 4.69) is 91.8 Å². The van der Waals surface area contributed by atoms with Crippen molar-refractivity contribution in [2.75, 3.05) is 126 Å². The zero-order valence-corrected chi connectivity index (χ0v) is 81.6. The van der Waals surface area contributed by atoms with Gasteiger partial charge in [0.2, 0.25) is 0 Å². The lowest BCUT2D eigenvalue weighted by Gasteiger charge is -2.35. The molecule has 0 atom stereocenters. The van der Waals surface area contributed by atoms with Crippen LogP contribution in [-0.2, 0) is 22.4 Å². The summed E-state index contributed by atoms with van der Waals surface area (Å²) in [4.78, 5) is 132. The number of halogens is 2. The topological polar surface area (TPSA) is 399 Å². The summed E-state index contributed by atoms with van der Waals surface area (Å²) >= 11 is 6.55. The van der Waals surface area contributed by atoms with E-state index in [0.29, 0.717) is 122 Å². The van der Waals surface area contributed by atoms with Crippen molar-refractivity contribution >= 4 is 103 Å². The van der Waals surface area contributed by atoms with Crippen molar-refractivity contribution in [2.24, 2.45) is 0 Å². The van der Waals surface area contributed by atoms with Crippen LogP contribution in [0.5, 0.6) is 23.0 Å². The zero-order chi connectivity index (χ0) is 97.2. The molecule has 0 bridgehead atoms. The number of nitrogens with zero attached hydrogens (tertiary/aromatic N) is 20. The Balaban J connectivity index is 0.000000115. The van der Waals surface area contributed by atoms with Crippen LogP contribution in [0.25, 0.3) is 22.1 Å². The molecule has 20 heterocycles. The Morgan fingerprint density at radius 1 is 0.364 bits per heavy atom. The second kappa shape index (κ2) is 38.9. The van der Waals surface area contributed by atoms with Crippen LogP contribution in [-0.4, -0.2) is 225 Å². The number of fused-ring (bicyclic) bond motifs is 11. The number of hydrogen-bond donors (Lipinski definition) is 6. The van der Waals surface area contributed by atoms with Gasteiger partial charge in [-0.25, -0.2) is 42.4 Å². The van der Waals surface area contributed by atoms with Crippen molar-refractivity contribution in [1.29, 1.82) is 0 Å². The standard InChI is InChI=1S/C26H32N6O3.C25H30ClN7O3.C25H30FN7O3.C24H30N6O3/c1-17-13-19(25(34)32-22(17)20(33)14-26(32)7-3-4-8-26)29-24-23-18(2)21(15-31(23)28-16-27-24)35-12-11-30-9-5-6-10-30;2*1-16-19(36-12-11-31-9-5-6-10-31)14-32-20(16)22(27-15-28-32)29-18-13-17(26)21-23(34)30-25(33(21)24(18)35)7-3-2-4-8-25;1-15-11-17(23(32)30-20(15)18(31)12-24(30,3)4)27-22-21-16(2)19(13-29(21)26-14-25-22)33-10-9-28-7-5-6-8-28/h13,15-16H,3-12,14H2,1-2H3,(H,27,28,29);2*13-15H,2-12H2,1H3,(H,30,34)(H,27,28,29);11,13-14H,5-10,12H2,1-4H3,(H,25,26,27). The van der Waals surface area contributed by atoms with Crippen molar-refractivity contribution in [3.63, 3.8) is 0 Å². The molecule has 2 amide bonds. The number of anilines is 8. The van der Waals surface area contributed by atoms with Gasteiger partial charge in [-0.2, -0.15) is 20.4 Å². The molecule has 7 fully saturated rings. The fourth-order valence-corrected chi connectivity index (χ4v) is 23.5. The van der Waals surface area contributed by atoms with Gasteiger partial charge >= 0.3 is 0 Å².